The number of nitro benzene ring substituents is 1. The topological polar surface area (TPSA) is 104 Å². The fourth-order valence-corrected chi connectivity index (χ4v) is 3.51. The summed E-state index contributed by atoms with van der Waals surface area (Å²) in [6.45, 7) is 5.82. The van der Waals surface area contributed by atoms with E-state index in [1.165, 1.54) is 48.5 Å². The summed E-state index contributed by atoms with van der Waals surface area (Å²) in [5.41, 5.74) is 2.86. The Labute approximate surface area is 206 Å². The van der Waals surface area contributed by atoms with Gasteiger partial charge in [-0.1, -0.05) is 6.07 Å². The molecule has 0 aliphatic carbocycles. The van der Waals surface area contributed by atoms with Crippen molar-refractivity contribution in [3.05, 3.63) is 111 Å². The maximum absolute atomic E-state index is 13.0. The molecule has 1 aromatic heterocycles. The fourth-order valence-electron chi connectivity index (χ4n) is 3.51. The minimum atomic E-state index is -0.600. The fraction of sp³-hybridized carbons (Fsp3) is 0.148. The van der Waals surface area contributed by atoms with Gasteiger partial charge in [0.05, 0.1) is 16.7 Å². The van der Waals surface area contributed by atoms with Crippen molar-refractivity contribution < 1.29 is 28.0 Å². The van der Waals surface area contributed by atoms with Crippen LogP contribution < -0.4 is 14.8 Å². The van der Waals surface area contributed by atoms with Gasteiger partial charge in [0, 0.05) is 12.1 Å². The Morgan fingerprint density at radius 2 is 1.75 bits per heavy atom. The zero-order valence-corrected chi connectivity index (χ0v) is 19.8. The molecule has 1 amide bonds. The molecule has 36 heavy (non-hydrogen) atoms. The van der Waals surface area contributed by atoms with Crippen molar-refractivity contribution in [2.24, 2.45) is 0 Å². The van der Waals surface area contributed by atoms with E-state index in [0.717, 1.165) is 16.7 Å². The van der Waals surface area contributed by atoms with Crippen molar-refractivity contribution >= 4 is 17.3 Å². The SMILES string of the molecule is Cc1cc(C)c(C)c(Oc2cc(NC(=O)c3ccc(COc4ccc(F)cc4)o3)cc([N+](=O)[O-])c2)c1. The van der Waals surface area contributed by atoms with Crippen LogP contribution in [-0.4, -0.2) is 10.8 Å². The van der Waals surface area contributed by atoms with Gasteiger partial charge < -0.3 is 19.2 Å². The summed E-state index contributed by atoms with van der Waals surface area (Å²) in [5.74, 6) is 0.615. The number of ether oxygens (including phenoxy) is 2. The Morgan fingerprint density at radius 1 is 1.00 bits per heavy atom. The van der Waals surface area contributed by atoms with E-state index in [4.69, 9.17) is 13.9 Å². The van der Waals surface area contributed by atoms with Gasteiger partial charge in [0.25, 0.3) is 11.6 Å². The van der Waals surface area contributed by atoms with Crippen molar-refractivity contribution in [1.29, 1.82) is 0 Å². The standard InChI is InChI=1S/C27H23FN2O6/c1-16-10-17(2)18(3)26(11-16)36-24-13-20(12-21(14-24)30(32)33)29-27(31)25-9-8-23(35-25)15-34-22-6-4-19(28)5-7-22/h4-14H,15H2,1-3H3,(H,29,31). The van der Waals surface area contributed by atoms with Crippen molar-refractivity contribution in [3.8, 4) is 17.2 Å². The number of nitrogens with zero attached hydrogens (tertiary/aromatic N) is 1. The van der Waals surface area contributed by atoms with Gasteiger partial charge in [-0.2, -0.15) is 0 Å². The third-order valence-corrected chi connectivity index (χ3v) is 5.43. The van der Waals surface area contributed by atoms with Gasteiger partial charge in [0.15, 0.2) is 5.76 Å². The molecule has 184 valence electrons. The number of carbonyl (C=O) groups is 1. The van der Waals surface area contributed by atoms with Gasteiger partial charge in [-0.05, 0) is 79.9 Å². The van der Waals surface area contributed by atoms with Crippen LogP contribution in [-0.2, 0) is 6.61 Å². The highest BCUT2D eigenvalue weighted by Gasteiger charge is 2.17. The van der Waals surface area contributed by atoms with Crippen LogP contribution >= 0.6 is 0 Å². The van der Waals surface area contributed by atoms with E-state index in [1.807, 2.05) is 32.9 Å². The average Bonchev–Trinajstić information content (AvgIpc) is 3.31. The van der Waals surface area contributed by atoms with Crippen LogP contribution in [0.1, 0.15) is 33.0 Å². The van der Waals surface area contributed by atoms with Crippen LogP contribution in [0.4, 0.5) is 15.8 Å². The molecule has 4 aromatic rings. The van der Waals surface area contributed by atoms with Gasteiger partial charge in [-0.3, -0.25) is 14.9 Å². The zero-order chi connectivity index (χ0) is 25.8. The number of hydrogen-bond acceptors (Lipinski definition) is 6. The number of rotatable bonds is 8. The Kier molecular flexibility index (Phi) is 7.00. The van der Waals surface area contributed by atoms with Crippen LogP contribution in [0.15, 0.2) is 71.1 Å². The van der Waals surface area contributed by atoms with Gasteiger partial charge in [0.2, 0.25) is 0 Å². The first-order valence-electron chi connectivity index (χ1n) is 11.0. The number of furan rings is 1. The second-order valence-electron chi connectivity index (χ2n) is 8.24. The Balaban J connectivity index is 1.49. The molecule has 8 nitrogen and oxygen atoms in total. The van der Waals surface area contributed by atoms with Gasteiger partial charge in [-0.25, -0.2) is 4.39 Å². The molecule has 0 saturated carbocycles. The lowest BCUT2D eigenvalue weighted by atomic mass is 10.1. The molecule has 0 aliphatic heterocycles. The molecule has 9 heteroatoms. The van der Waals surface area contributed by atoms with Gasteiger partial charge in [0.1, 0.15) is 35.4 Å². The summed E-state index contributed by atoms with van der Waals surface area (Å²) in [6, 6.07) is 16.4. The van der Waals surface area contributed by atoms with Crippen molar-refractivity contribution in [3.63, 3.8) is 0 Å². The summed E-state index contributed by atoms with van der Waals surface area (Å²) < 4.78 is 30.0. The van der Waals surface area contributed by atoms with E-state index in [9.17, 15) is 19.3 Å². The summed E-state index contributed by atoms with van der Waals surface area (Å²) in [5, 5.41) is 14.1. The van der Waals surface area contributed by atoms with Crippen molar-refractivity contribution in [2.75, 3.05) is 5.32 Å². The molecule has 0 saturated heterocycles. The van der Waals surface area contributed by atoms with Crippen LogP contribution in [0.5, 0.6) is 17.2 Å². The summed E-state index contributed by atoms with van der Waals surface area (Å²) in [4.78, 5) is 23.7. The average molecular weight is 490 g/mol. The predicted octanol–water partition coefficient (Wildman–Crippen LogP) is 6.88. The van der Waals surface area contributed by atoms with Crippen LogP contribution in [0.25, 0.3) is 0 Å². The van der Waals surface area contributed by atoms with E-state index in [-0.39, 0.29) is 35.3 Å². The second-order valence-corrected chi connectivity index (χ2v) is 8.24. The summed E-state index contributed by atoms with van der Waals surface area (Å²) in [7, 11) is 0. The Morgan fingerprint density at radius 3 is 2.47 bits per heavy atom. The highest BCUT2D eigenvalue weighted by atomic mass is 19.1. The number of nitro groups is 1. The second kappa shape index (κ2) is 10.3. The van der Waals surface area contributed by atoms with Crippen molar-refractivity contribution in [1.82, 2.24) is 0 Å². The monoisotopic (exact) mass is 490 g/mol. The lowest BCUT2D eigenvalue weighted by Crippen LogP contribution is -2.11. The molecule has 0 atom stereocenters. The number of amides is 1. The minimum Gasteiger partial charge on any atom is -0.486 e. The number of aryl methyl sites for hydroxylation is 2. The van der Waals surface area contributed by atoms with Crippen LogP contribution in [0.2, 0.25) is 0 Å². The highest BCUT2D eigenvalue weighted by molar-refractivity contribution is 6.02. The lowest BCUT2D eigenvalue weighted by molar-refractivity contribution is -0.384. The lowest BCUT2D eigenvalue weighted by Gasteiger charge is -2.13. The van der Waals surface area contributed by atoms with E-state index in [1.54, 1.807) is 6.07 Å². The molecule has 4 rings (SSSR count). The number of hydrogen-bond donors (Lipinski definition) is 1. The maximum Gasteiger partial charge on any atom is 0.291 e. The third kappa shape index (κ3) is 5.87. The number of halogens is 1. The molecule has 0 radical (unpaired) electrons. The van der Waals surface area contributed by atoms with E-state index < -0.39 is 10.8 Å². The van der Waals surface area contributed by atoms with E-state index >= 15 is 0 Å². The molecule has 0 fully saturated rings. The molecule has 0 bridgehead atoms. The molecule has 3 aromatic carbocycles. The molecule has 0 aliphatic rings. The number of nitrogens with one attached hydrogen (secondary N) is 1. The predicted molar refractivity (Wildman–Crippen MR) is 131 cm³/mol. The number of carbonyl (C=O) groups excluding carboxylic acids is 1. The summed E-state index contributed by atoms with van der Waals surface area (Å²) >= 11 is 0. The quantitative estimate of drug-likeness (QED) is 0.213. The molecule has 1 heterocycles. The molecule has 0 unspecified atom stereocenters. The first-order chi connectivity index (χ1) is 17.2. The Hall–Kier alpha value is -4.66. The van der Waals surface area contributed by atoms with Crippen molar-refractivity contribution in [2.45, 2.75) is 27.4 Å². The molecule has 1 N–H and O–H groups in total. The third-order valence-electron chi connectivity index (χ3n) is 5.43. The number of non-ortho nitro benzene ring substituents is 1. The smallest absolute Gasteiger partial charge is 0.291 e. The van der Waals surface area contributed by atoms with Crippen LogP contribution in [0, 0.1) is 36.7 Å². The molecule has 0 spiro atoms. The Bertz CT molecular complexity index is 1430. The van der Waals surface area contributed by atoms with E-state index in [0.29, 0.717) is 17.3 Å². The van der Waals surface area contributed by atoms with Gasteiger partial charge in [-0.15, -0.1) is 0 Å². The zero-order valence-electron chi connectivity index (χ0n) is 19.8. The minimum absolute atomic E-state index is 0.00756. The first kappa shape index (κ1) is 24.5. The number of benzene rings is 3. The summed E-state index contributed by atoms with van der Waals surface area (Å²) in [6.07, 6.45) is 0. The van der Waals surface area contributed by atoms with Gasteiger partial charge >= 0.3 is 0 Å². The van der Waals surface area contributed by atoms with Crippen LogP contribution in [0.3, 0.4) is 0 Å². The number of anilines is 1. The molecular weight excluding hydrogens is 467 g/mol. The largest absolute Gasteiger partial charge is 0.486 e. The normalized spacial score (nSPS) is 10.7. The maximum atomic E-state index is 13.0. The highest BCUT2D eigenvalue weighted by Crippen LogP contribution is 2.33. The molecular formula is C27H23FN2O6. The van der Waals surface area contributed by atoms with E-state index in [2.05, 4.69) is 5.32 Å². The first-order valence-corrected chi connectivity index (χ1v) is 11.0.